The van der Waals surface area contributed by atoms with Crippen LogP contribution in [-0.2, 0) is 16.0 Å². The van der Waals surface area contributed by atoms with E-state index in [9.17, 15) is 14.7 Å². The summed E-state index contributed by atoms with van der Waals surface area (Å²) in [5.74, 6) is -1.05. The summed E-state index contributed by atoms with van der Waals surface area (Å²) in [6.07, 6.45) is 0.254. The van der Waals surface area contributed by atoms with E-state index in [4.69, 9.17) is 4.74 Å². The van der Waals surface area contributed by atoms with Crippen LogP contribution in [0.4, 0.5) is 4.79 Å². The average Bonchev–Trinajstić information content (AvgIpc) is 2.48. The van der Waals surface area contributed by atoms with E-state index >= 15 is 0 Å². The van der Waals surface area contributed by atoms with Gasteiger partial charge in [-0.2, -0.15) is 0 Å². The summed E-state index contributed by atoms with van der Waals surface area (Å²) < 4.78 is 4.93. The Morgan fingerprint density at radius 3 is 2.52 bits per heavy atom. The number of carboxylic acid groups (broad SMARTS) is 1. The van der Waals surface area contributed by atoms with Crippen molar-refractivity contribution in [1.82, 2.24) is 10.2 Å². The minimum absolute atomic E-state index is 0.254. The molecule has 0 heterocycles. The molecule has 1 aromatic rings. The van der Waals surface area contributed by atoms with Gasteiger partial charge in [0.1, 0.15) is 6.04 Å². The summed E-state index contributed by atoms with van der Waals surface area (Å²) in [4.78, 5) is 24.9. The molecule has 1 unspecified atom stereocenters. The third-order valence-electron chi connectivity index (χ3n) is 3.11. The van der Waals surface area contributed by atoms with Crippen molar-refractivity contribution in [3.05, 3.63) is 35.9 Å². The molecule has 2 amide bonds. The fourth-order valence-corrected chi connectivity index (χ4v) is 1.89. The van der Waals surface area contributed by atoms with Crippen molar-refractivity contribution in [3.63, 3.8) is 0 Å². The van der Waals surface area contributed by atoms with E-state index in [-0.39, 0.29) is 6.42 Å². The minimum Gasteiger partial charge on any atom is -0.480 e. The maximum absolute atomic E-state index is 12.1. The molecule has 0 aliphatic rings. The quantitative estimate of drug-likeness (QED) is 0.759. The van der Waals surface area contributed by atoms with E-state index in [2.05, 4.69) is 5.32 Å². The number of benzene rings is 1. The molecular weight excluding hydrogens is 272 g/mol. The van der Waals surface area contributed by atoms with Crippen molar-refractivity contribution < 1.29 is 19.4 Å². The molecule has 0 bridgehead atoms. The number of carbonyl (C=O) groups is 2. The number of hydrogen-bond donors (Lipinski definition) is 2. The van der Waals surface area contributed by atoms with E-state index in [1.54, 1.807) is 7.11 Å². The molecular formula is C15H22N2O4. The standard InChI is InChI=1S/C15H22N2O4/c1-3-17(9-10-21-2)15(20)16-13(14(18)19)11-12-7-5-4-6-8-12/h4-8,13H,3,9-11H2,1-2H3,(H,16,20)(H,18,19). The highest BCUT2D eigenvalue weighted by atomic mass is 16.5. The first-order valence-electron chi connectivity index (χ1n) is 6.89. The number of carboxylic acids is 1. The molecule has 1 atom stereocenters. The van der Waals surface area contributed by atoms with Gasteiger partial charge in [-0.1, -0.05) is 30.3 Å². The van der Waals surface area contributed by atoms with Crippen LogP contribution in [0.5, 0.6) is 0 Å². The van der Waals surface area contributed by atoms with Crippen LogP contribution in [0.15, 0.2) is 30.3 Å². The smallest absolute Gasteiger partial charge is 0.326 e. The predicted molar refractivity (Wildman–Crippen MR) is 79.2 cm³/mol. The summed E-state index contributed by atoms with van der Waals surface area (Å²) in [6.45, 7) is 3.17. The molecule has 2 N–H and O–H groups in total. The van der Waals surface area contributed by atoms with E-state index in [1.165, 1.54) is 4.90 Å². The summed E-state index contributed by atoms with van der Waals surface area (Å²) in [5, 5.41) is 11.8. The molecule has 0 saturated carbocycles. The van der Waals surface area contributed by atoms with Crippen LogP contribution in [0.1, 0.15) is 12.5 Å². The summed E-state index contributed by atoms with van der Waals surface area (Å²) in [5.41, 5.74) is 0.866. The van der Waals surface area contributed by atoms with Gasteiger partial charge in [0.05, 0.1) is 6.61 Å². The zero-order chi connectivity index (χ0) is 15.7. The van der Waals surface area contributed by atoms with Gasteiger partial charge >= 0.3 is 12.0 Å². The van der Waals surface area contributed by atoms with Gasteiger partial charge in [0.15, 0.2) is 0 Å². The first-order valence-corrected chi connectivity index (χ1v) is 6.89. The van der Waals surface area contributed by atoms with Crippen molar-refractivity contribution in [2.45, 2.75) is 19.4 Å². The zero-order valence-electron chi connectivity index (χ0n) is 12.4. The van der Waals surface area contributed by atoms with Crippen LogP contribution >= 0.6 is 0 Å². The predicted octanol–water partition coefficient (Wildman–Crippen LogP) is 1.36. The van der Waals surface area contributed by atoms with E-state index < -0.39 is 18.0 Å². The van der Waals surface area contributed by atoms with Crippen LogP contribution in [0, 0.1) is 0 Å². The highest BCUT2D eigenvalue weighted by molar-refractivity contribution is 5.82. The number of aliphatic carboxylic acids is 1. The highest BCUT2D eigenvalue weighted by Crippen LogP contribution is 2.04. The van der Waals surface area contributed by atoms with Gasteiger partial charge in [-0.15, -0.1) is 0 Å². The number of amides is 2. The Kier molecular flexibility index (Phi) is 7.25. The van der Waals surface area contributed by atoms with Crippen LogP contribution in [-0.4, -0.2) is 54.9 Å². The molecule has 6 heteroatoms. The summed E-state index contributed by atoms with van der Waals surface area (Å²) in [7, 11) is 1.56. The molecule has 0 saturated heterocycles. The summed E-state index contributed by atoms with van der Waals surface area (Å²) in [6, 6.07) is 7.88. The lowest BCUT2D eigenvalue weighted by Gasteiger charge is -2.23. The number of nitrogens with one attached hydrogen (secondary N) is 1. The molecule has 0 fully saturated rings. The molecule has 0 aromatic heterocycles. The maximum Gasteiger partial charge on any atom is 0.326 e. The Morgan fingerprint density at radius 2 is 2.00 bits per heavy atom. The van der Waals surface area contributed by atoms with Gasteiger partial charge in [-0.25, -0.2) is 9.59 Å². The molecule has 0 radical (unpaired) electrons. The van der Waals surface area contributed by atoms with Crippen molar-refractivity contribution in [1.29, 1.82) is 0 Å². The van der Waals surface area contributed by atoms with Crippen molar-refractivity contribution in [2.75, 3.05) is 26.8 Å². The second kappa shape index (κ2) is 8.97. The number of likely N-dealkylation sites (N-methyl/N-ethyl adjacent to an activating group) is 1. The molecule has 116 valence electrons. The minimum atomic E-state index is -1.05. The third kappa shape index (κ3) is 5.83. The van der Waals surface area contributed by atoms with Crippen LogP contribution in [0.2, 0.25) is 0 Å². The third-order valence-corrected chi connectivity index (χ3v) is 3.11. The van der Waals surface area contributed by atoms with Crippen LogP contribution in [0.25, 0.3) is 0 Å². The Labute approximate surface area is 124 Å². The molecule has 1 aromatic carbocycles. The van der Waals surface area contributed by atoms with Crippen LogP contribution < -0.4 is 5.32 Å². The number of ether oxygens (including phenoxy) is 1. The van der Waals surface area contributed by atoms with E-state index in [0.717, 1.165) is 5.56 Å². The number of urea groups is 1. The fourth-order valence-electron chi connectivity index (χ4n) is 1.89. The lowest BCUT2D eigenvalue weighted by molar-refractivity contribution is -0.139. The van der Waals surface area contributed by atoms with Crippen LogP contribution in [0.3, 0.4) is 0 Å². The highest BCUT2D eigenvalue weighted by Gasteiger charge is 2.22. The number of rotatable bonds is 8. The number of carbonyl (C=O) groups excluding carboxylic acids is 1. The second-order valence-electron chi connectivity index (χ2n) is 4.60. The zero-order valence-corrected chi connectivity index (χ0v) is 12.4. The van der Waals surface area contributed by atoms with Gasteiger partial charge in [0, 0.05) is 26.6 Å². The first kappa shape index (κ1) is 17.0. The number of nitrogens with zero attached hydrogens (tertiary/aromatic N) is 1. The Hall–Kier alpha value is -2.08. The molecule has 0 aliphatic carbocycles. The Bertz CT molecular complexity index is 450. The fraction of sp³-hybridized carbons (Fsp3) is 0.467. The maximum atomic E-state index is 12.1. The molecule has 1 rings (SSSR count). The largest absolute Gasteiger partial charge is 0.480 e. The Balaban J connectivity index is 2.65. The molecule has 0 spiro atoms. The lowest BCUT2D eigenvalue weighted by atomic mass is 10.1. The second-order valence-corrected chi connectivity index (χ2v) is 4.60. The van der Waals surface area contributed by atoms with Gasteiger partial charge in [-0.05, 0) is 12.5 Å². The van der Waals surface area contributed by atoms with E-state index in [0.29, 0.717) is 19.7 Å². The number of hydrogen-bond acceptors (Lipinski definition) is 3. The van der Waals surface area contributed by atoms with E-state index in [1.807, 2.05) is 37.3 Å². The normalized spacial score (nSPS) is 11.7. The number of methoxy groups -OCH3 is 1. The summed E-state index contributed by atoms with van der Waals surface area (Å²) >= 11 is 0. The van der Waals surface area contributed by atoms with Gasteiger partial charge in [0.25, 0.3) is 0 Å². The van der Waals surface area contributed by atoms with Gasteiger partial charge < -0.3 is 20.1 Å². The van der Waals surface area contributed by atoms with Gasteiger partial charge in [-0.3, -0.25) is 0 Å². The molecule has 6 nitrogen and oxygen atoms in total. The van der Waals surface area contributed by atoms with Gasteiger partial charge in [0.2, 0.25) is 0 Å². The monoisotopic (exact) mass is 294 g/mol. The van der Waals surface area contributed by atoms with Crippen molar-refractivity contribution in [3.8, 4) is 0 Å². The van der Waals surface area contributed by atoms with Crippen molar-refractivity contribution in [2.24, 2.45) is 0 Å². The SMILES string of the molecule is CCN(CCOC)C(=O)NC(Cc1ccccc1)C(=O)O. The lowest BCUT2D eigenvalue weighted by Crippen LogP contribution is -2.49. The first-order chi connectivity index (χ1) is 10.1. The topological polar surface area (TPSA) is 78.9 Å². The molecule has 21 heavy (non-hydrogen) atoms. The molecule has 0 aliphatic heterocycles. The Morgan fingerprint density at radius 1 is 1.33 bits per heavy atom. The average molecular weight is 294 g/mol. The van der Waals surface area contributed by atoms with Crippen molar-refractivity contribution >= 4 is 12.0 Å².